The summed E-state index contributed by atoms with van der Waals surface area (Å²) >= 11 is 0. The molecule has 2 atom stereocenters. The number of ketones is 1. The minimum absolute atomic E-state index is 0.239. The molecule has 1 saturated carbocycles. The zero-order valence-electron chi connectivity index (χ0n) is 13.3. The van der Waals surface area contributed by atoms with Crippen LogP contribution >= 0.6 is 0 Å². The van der Waals surface area contributed by atoms with E-state index < -0.39 is 0 Å². The SMILES string of the molecule is CC(N(C)CC1CC(C)(C)CCC1=O)C(C)(C)C. The molecule has 0 aromatic heterocycles. The van der Waals surface area contributed by atoms with E-state index in [2.05, 4.69) is 53.5 Å². The molecule has 2 heteroatoms. The fourth-order valence-electron chi connectivity index (χ4n) is 2.88. The lowest BCUT2D eigenvalue weighted by molar-refractivity contribution is -0.128. The number of carbonyl (C=O) groups excluding carboxylic acids is 1. The fourth-order valence-corrected chi connectivity index (χ4v) is 2.88. The predicted molar refractivity (Wildman–Crippen MR) is 77.7 cm³/mol. The van der Waals surface area contributed by atoms with Gasteiger partial charge in [-0.2, -0.15) is 0 Å². The minimum Gasteiger partial charge on any atom is -0.302 e. The van der Waals surface area contributed by atoms with Crippen molar-refractivity contribution in [2.24, 2.45) is 16.7 Å². The van der Waals surface area contributed by atoms with Crippen molar-refractivity contribution >= 4 is 5.78 Å². The smallest absolute Gasteiger partial charge is 0.137 e. The Labute approximate surface area is 113 Å². The van der Waals surface area contributed by atoms with Crippen LogP contribution in [0.15, 0.2) is 0 Å². The van der Waals surface area contributed by atoms with E-state index in [0.717, 1.165) is 25.8 Å². The summed E-state index contributed by atoms with van der Waals surface area (Å²) in [7, 11) is 2.16. The van der Waals surface area contributed by atoms with Gasteiger partial charge in [0.25, 0.3) is 0 Å². The molecule has 106 valence electrons. The van der Waals surface area contributed by atoms with Gasteiger partial charge in [-0.25, -0.2) is 0 Å². The van der Waals surface area contributed by atoms with E-state index in [1.54, 1.807) is 0 Å². The van der Waals surface area contributed by atoms with Gasteiger partial charge in [0.2, 0.25) is 0 Å². The summed E-state index contributed by atoms with van der Waals surface area (Å²) in [6.07, 6.45) is 2.88. The highest BCUT2D eigenvalue weighted by Gasteiger charge is 2.35. The zero-order valence-corrected chi connectivity index (χ0v) is 13.3. The predicted octanol–water partition coefficient (Wildman–Crippen LogP) is 3.75. The van der Waals surface area contributed by atoms with Gasteiger partial charge >= 0.3 is 0 Å². The summed E-state index contributed by atoms with van der Waals surface area (Å²) in [5.74, 6) is 0.714. The van der Waals surface area contributed by atoms with E-state index in [9.17, 15) is 4.79 Å². The fraction of sp³-hybridized carbons (Fsp3) is 0.938. The Morgan fingerprint density at radius 3 is 2.44 bits per heavy atom. The molecule has 0 spiro atoms. The first-order chi connectivity index (χ1) is 8.03. The van der Waals surface area contributed by atoms with Gasteiger partial charge in [0.15, 0.2) is 0 Å². The average molecular weight is 253 g/mol. The Bertz CT molecular complexity index is 301. The monoisotopic (exact) mass is 253 g/mol. The molecule has 0 N–H and O–H groups in total. The van der Waals surface area contributed by atoms with Crippen LogP contribution in [-0.4, -0.2) is 30.3 Å². The lowest BCUT2D eigenvalue weighted by atomic mass is 9.71. The highest BCUT2D eigenvalue weighted by Crippen LogP contribution is 2.37. The van der Waals surface area contributed by atoms with Crippen molar-refractivity contribution in [1.29, 1.82) is 0 Å². The Morgan fingerprint density at radius 1 is 1.39 bits per heavy atom. The third kappa shape index (κ3) is 4.08. The van der Waals surface area contributed by atoms with E-state index in [0.29, 0.717) is 17.2 Å². The van der Waals surface area contributed by atoms with Crippen LogP contribution in [0.3, 0.4) is 0 Å². The molecule has 0 radical (unpaired) electrons. The number of rotatable bonds is 3. The van der Waals surface area contributed by atoms with Crippen molar-refractivity contribution in [1.82, 2.24) is 4.90 Å². The number of nitrogens with zero attached hydrogens (tertiary/aromatic N) is 1. The van der Waals surface area contributed by atoms with Crippen LogP contribution in [0, 0.1) is 16.7 Å². The van der Waals surface area contributed by atoms with Crippen molar-refractivity contribution in [3.05, 3.63) is 0 Å². The van der Waals surface area contributed by atoms with Gasteiger partial charge < -0.3 is 4.90 Å². The van der Waals surface area contributed by atoms with Crippen molar-refractivity contribution in [2.45, 2.75) is 66.8 Å². The summed E-state index contributed by atoms with van der Waals surface area (Å²) in [4.78, 5) is 14.4. The maximum absolute atomic E-state index is 12.1. The molecule has 0 amide bonds. The van der Waals surface area contributed by atoms with Crippen molar-refractivity contribution in [3.8, 4) is 0 Å². The molecule has 18 heavy (non-hydrogen) atoms. The van der Waals surface area contributed by atoms with Crippen LogP contribution in [0.2, 0.25) is 0 Å². The molecule has 0 saturated heterocycles. The van der Waals surface area contributed by atoms with Crippen LogP contribution in [0.1, 0.15) is 60.8 Å². The molecule has 1 rings (SSSR count). The third-order valence-corrected chi connectivity index (χ3v) is 4.73. The van der Waals surface area contributed by atoms with Gasteiger partial charge in [-0.1, -0.05) is 34.6 Å². The molecule has 2 unspecified atom stereocenters. The van der Waals surface area contributed by atoms with Gasteiger partial charge in [-0.3, -0.25) is 4.79 Å². The van der Waals surface area contributed by atoms with Crippen LogP contribution in [0.25, 0.3) is 0 Å². The van der Waals surface area contributed by atoms with Crippen LogP contribution < -0.4 is 0 Å². The van der Waals surface area contributed by atoms with E-state index >= 15 is 0 Å². The molecule has 1 aliphatic carbocycles. The van der Waals surface area contributed by atoms with E-state index in [-0.39, 0.29) is 11.3 Å². The molecule has 0 aromatic carbocycles. The van der Waals surface area contributed by atoms with Gasteiger partial charge in [-0.05, 0) is 37.6 Å². The third-order valence-electron chi connectivity index (χ3n) is 4.73. The number of Topliss-reactive ketones (excluding diaryl/α,β-unsaturated/α-hetero) is 1. The summed E-state index contributed by atoms with van der Waals surface area (Å²) in [5.41, 5.74) is 0.604. The number of hydrogen-bond donors (Lipinski definition) is 0. The molecule has 0 aliphatic heterocycles. The number of hydrogen-bond acceptors (Lipinski definition) is 2. The van der Waals surface area contributed by atoms with E-state index in [4.69, 9.17) is 0 Å². The van der Waals surface area contributed by atoms with Gasteiger partial charge in [0.05, 0.1) is 0 Å². The average Bonchev–Trinajstić information content (AvgIpc) is 2.20. The molecule has 1 fully saturated rings. The summed E-state index contributed by atoms with van der Waals surface area (Å²) in [5, 5.41) is 0. The standard InChI is InChI=1S/C16H31NO/c1-12(15(2,3)4)17(7)11-13-10-16(5,6)9-8-14(13)18/h12-13H,8-11H2,1-7H3. The zero-order chi connectivity index (χ0) is 14.1. The van der Waals surface area contributed by atoms with Crippen molar-refractivity contribution < 1.29 is 4.79 Å². The first-order valence-corrected chi connectivity index (χ1v) is 7.26. The second-order valence-corrected chi connectivity index (χ2v) is 8.01. The van der Waals surface area contributed by atoms with Crippen LogP contribution in [0.5, 0.6) is 0 Å². The van der Waals surface area contributed by atoms with E-state index in [1.165, 1.54) is 0 Å². The molecule has 0 bridgehead atoms. The van der Waals surface area contributed by atoms with Crippen molar-refractivity contribution in [2.75, 3.05) is 13.6 Å². The molecule has 0 aromatic rings. The Morgan fingerprint density at radius 2 is 1.94 bits per heavy atom. The summed E-state index contributed by atoms with van der Waals surface area (Å²) in [6.45, 7) is 14.6. The Balaban J connectivity index is 2.63. The second kappa shape index (κ2) is 5.32. The summed E-state index contributed by atoms with van der Waals surface area (Å²) in [6, 6.07) is 0.496. The molecular weight excluding hydrogens is 222 g/mol. The molecule has 0 heterocycles. The largest absolute Gasteiger partial charge is 0.302 e. The lowest BCUT2D eigenvalue weighted by Gasteiger charge is -2.40. The van der Waals surface area contributed by atoms with Crippen molar-refractivity contribution in [3.63, 3.8) is 0 Å². The van der Waals surface area contributed by atoms with Gasteiger partial charge in [-0.15, -0.1) is 0 Å². The molecule has 2 nitrogen and oxygen atoms in total. The van der Waals surface area contributed by atoms with Crippen LogP contribution in [0.4, 0.5) is 0 Å². The first kappa shape index (κ1) is 15.7. The minimum atomic E-state index is 0.239. The van der Waals surface area contributed by atoms with Gasteiger partial charge in [0, 0.05) is 24.9 Å². The first-order valence-electron chi connectivity index (χ1n) is 7.26. The lowest BCUT2D eigenvalue weighted by Crippen LogP contribution is -2.45. The normalized spacial score (nSPS) is 26.4. The van der Waals surface area contributed by atoms with E-state index in [1.807, 2.05) is 0 Å². The topological polar surface area (TPSA) is 20.3 Å². The number of carbonyl (C=O) groups is 1. The molecule has 1 aliphatic rings. The quantitative estimate of drug-likeness (QED) is 0.763. The van der Waals surface area contributed by atoms with Gasteiger partial charge in [0.1, 0.15) is 5.78 Å². The second-order valence-electron chi connectivity index (χ2n) is 8.01. The summed E-state index contributed by atoms with van der Waals surface area (Å²) < 4.78 is 0. The highest BCUT2D eigenvalue weighted by atomic mass is 16.1. The Hall–Kier alpha value is -0.370. The highest BCUT2D eigenvalue weighted by molar-refractivity contribution is 5.82. The molecular formula is C16H31NO. The maximum atomic E-state index is 12.1. The Kier molecular flexibility index (Phi) is 4.64. The van der Waals surface area contributed by atoms with Crippen LogP contribution in [-0.2, 0) is 4.79 Å². The maximum Gasteiger partial charge on any atom is 0.137 e.